The Bertz CT molecular complexity index is 431. The third-order valence-electron chi connectivity index (χ3n) is 1.71. The van der Waals surface area contributed by atoms with Gasteiger partial charge >= 0.3 is 0 Å². The molecule has 0 fully saturated rings. The molecule has 0 amide bonds. The van der Waals surface area contributed by atoms with Crippen LogP contribution in [0.3, 0.4) is 0 Å². The summed E-state index contributed by atoms with van der Waals surface area (Å²) in [5.41, 5.74) is 2.31. The summed E-state index contributed by atoms with van der Waals surface area (Å²) in [5, 5.41) is 0. The van der Waals surface area contributed by atoms with Crippen LogP contribution in [0, 0.1) is 13.8 Å². The average Bonchev–Trinajstić information content (AvgIpc) is 2.33. The summed E-state index contributed by atoms with van der Waals surface area (Å²) in [6, 6.07) is 0. The van der Waals surface area contributed by atoms with Crippen LogP contribution in [0.4, 0.5) is 0 Å². The van der Waals surface area contributed by atoms with Crippen LogP contribution in [-0.2, 0) is 0 Å². The van der Waals surface area contributed by atoms with Crippen molar-refractivity contribution in [1.82, 2.24) is 19.6 Å². The van der Waals surface area contributed by atoms with E-state index in [2.05, 4.69) is 15.0 Å². The lowest BCUT2D eigenvalue weighted by molar-refractivity contribution is 0.981. The van der Waals surface area contributed by atoms with Gasteiger partial charge in [0.05, 0.1) is 5.69 Å². The van der Waals surface area contributed by atoms with E-state index in [0.717, 1.165) is 11.2 Å². The number of nitrogens with two attached hydrogens (primary N) is 1. The summed E-state index contributed by atoms with van der Waals surface area (Å²) >= 11 is 0. The summed E-state index contributed by atoms with van der Waals surface area (Å²) in [5.74, 6) is 6.29. The van der Waals surface area contributed by atoms with Crippen molar-refractivity contribution < 1.29 is 0 Å². The normalized spacial score (nSPS) is 10.8. The van der Waals surface area contributed by atoms with Crippen molar-refractivity contribution in [2.45, 2.75) is 13.8 Å². The lowest BCUT2D eigenvalue weighted by Crippen LogP contribution is -2.07. The van der Waals surface area contributed by atoms with Gasteiger partial charge in [0, 0.05) is 0 Å². The fourth-order valence-electron chi connectivity index (χ4n) is 1.19. The largest absolute Gasteiger partial charge is 0.336 e. The number of rotatable bonds is 0. The molecule has 5 heteroatoms. The highest BCUT2D eigenvalue weighted by atomic mass is 15.3. The first-order valence-corrected chi connectivity index (χ1v) is 3.62. The molecule has 2 N–H and O–H groups in total. The van der Waals surface area contributed by atoms with Gasteiger partial charge in [0.15, 0.2) is 5.65 Å². The molecule has 0 radical (unpaired) electrons. The molecule has 2 rings (SSSR count). The van der Waals surface area contributed by atoms with Crippen LogP contribution < -0.4 is 5.84 Å². The summed E-state index contributed by atoms with van der Waals surface area (Å²) < 4.78 is 1.40. The second kappa shape index (κ2) is 2.17. The summed E-state index contributed by atoms with van der Waals surface area (Å²) in [6.07, 6.45) is 1.53. The minimum absolute atomic E-state index is 0.681. The number of nitrogen functional groups attached to an aromatic ring is 1. The molecule has 0 saturated heterocycles. The van der Waals surface area contributed by atoms with Crippen molar-refractivity contribution in [3.05, 3.63) is 17.8 Å². The molecule has 2 aromatic rings. The van der Waals surface area contributed by atoms with Crippen molar-refractivity contribution in [1.29, 1.82) is 0 Å². The van der Waals surface area contributed by atoms with Crippen molar-refractivity contribution in [3.63, 3.8) is 0 Å². The SMILES string of the molecule is Cc1nc(C)c2ncn(N)c2n1. The maximum Gasteiger partial charge on any atom is 0.182 e. The first-order valence-electron chi connectivity index (χ1n) is 3.62. The van der Waals surface area contributed by atoms with Gasteiger partial charge in [-0.05, 0) is 13.8 Å². The number of hydrogen-bond acceptors (Lipinski definition) is 4. The Kier molecular flexibility index (Phi) is 1.27. The lowest BCUT2D eigenvalue weighted by atomic mass is 10.4. The molecule has 0 bridgehead atoms. The zero-order valence-corrected chi connectivity index (χ0v) is 6.94. The predicted molar refractivity (Wildman–Crippen MR) is 44.9 cm³/mol. The Morgan fingerprint density at radius 3 is 2.83 bits per heavy atom. The Hall–Kier alpha value is -1.65. The molecule has 0 aliphatic rings. The van der Waals surface area contributed by atoms with Gasteiger partial charge in [0.2, 0.25) is 0 Å². The number of imidazole rings is 1. The number of aromatic nitrogens is 4. The van der Waals surface area contributed by atoms with Crippen molar-refractivity contribution >= 4 is 11.2 Å². The number of nitrogens with zero attached hydrogens (tertiary/aromatic N) is 4. The van der Waals surface area contributed by atoms with Crippen LogP contribution in [-0.4, -0.2) is 19.6 Å². The third-order valence-corrected chi connectivity index (χ3v) is 1.71. The van der Waals surface area contributed by atoms with Crippen LogP contribution in [0.2, 0.25) is 0 Å². The molecule has 0 aliphatic carbocycles. The highest BCUT2D eigenvalue weighted by molar-refractivity contribution is 5.72. The Morgan fingerprint density at radius 1 is 1.33 bits per heavy atom. The molecule has 0 atom stereocenters. The Balaban J connectivity index is 2.92. The van der Waals surface area contributed by atoms with E-state index < -0.39 is 0 Å². The standard InChI is InChI=1S/C7H9N5/c1-4-6-7(11-5(2)10-4)12(8)3-9-6/h3H,8H2,1-2H3. The molecule has 0 aromatic carbocycles. The van der Waals surface area contributed by atoms with Crippen molar-refractivity contribution in [3.8, 4) is 0 Å². The van der Waals surface area contributed by atoms with Crippen LogP contribution in [0.25, 0.3) is 11.2 Å². The van der Waals surface area contributed by atoms with E-state index in [1.165, 1.54) is 11.0 Å². The van der Waals surface area contributed by atoms with E-state index in [4.69, 9.17) is 5.84 Å². The molecule has 2 aromatic heterocycles. The third kappa shape index (κ3) is 0.827. The molecule has 0 unspecified atom stereocenters. The van der Waals surface area contributed by atoms with Crippen LogP contribution in [0.1, 0.15) is 11.5 Å². The molecule has 2 heterocycles. The maximum atomic E-state index is 5.58. The minimum atomic E-state index is 0.681. The van der Waals surface area contributed by atoms with E-state index in [1.54, 1.807) is 0 Å². The topological polar surface area (TPSA) is 69.6 Å². The van der Waals surface area contributed by atoms with Gasteiger partial charge < -0.3 is 5.84 Å². The van der Waals surface area contributed by atoms with E-state index in [0.29, 0.717) is 11.5 Å². The molecule has 62 valence electrons. The van der Waals surface area contributed by atoms with Gasteiger partial charge in [-0.2, -0.15) is 0 Å². The molecule has 12 heavy (non-hydrogen) atoms. The van der Waals surface area contributed by atoms with Crippen LogP contribution in [0.5, 0.6) is 0 Å². The van der Waals surface area contributed by atoms with Crippen molar-refractivity contribution in [2.75, 3.05) is 5.84 Å². The van der Waals surface area contributed by atoms with Gasteiger partial charge in [0.1, 0.15) is 17.7 Å². The Labute approximate surface area is 69.2 Å². The fourth-order valence-corrected chi connectivity index (χ4v) is 1.19. The van der Waals surface area contributed by atoms with Crippen LogP contribution >= 0.6 is 0 Å². The lowest BCUT2D eigenvalue weighted by Gasteiger charge is -1.97. The van der Waals surface area contributed by atoms with E-state index in [-0.39, 0.29) is 0 Å². The smallest absolute Gasteiger partial charge is 0.182 e. The van der Waals surface area contributed by atoms with Gasteiger partial charge in [-0.15, -0.1) is 0 Å². The fraction of sp³-hybridized carbons (Fsp3) is 0.286. The van der Waals surface area contributed by atoms with E-state index in [9.17, 15) is 0 Å². The van der Waals surface area contributed by atoms with Crippen molar-refractivity contribution in [2.24, 2.45) is 0 Å². The number of aryl methyl sites for hydroxylation is 2. The van der Waals surface area contributed by atoms with Gasteiger partial charge in [-0.1, -0.05) is 0 Å². The van der Waals surface area contributed by atoms with Gasteiger partial charge in [-0.25, -0.2) is 19.6 Å². The molecular weight excluding hydrogens is 154 g/mol. The summed E-state index contributed by atoms with van der Waals surface area (Å²) in [7, 11) is 0. The maximum absolute atomic E-state index is 5.58. The van der Waals surface area contributed by atoms with Gasteiger partial charge in [-0.3, -0.25) is 0 Å². The zero-order chi connectivity index (χ0) is 8.72. The number of hydrogen-bond donors (Lipinski definition) is 1. The molecule has 0 saturated carbocycles. The molecule has 0 aliphatic heterocycles. The van der Waals surface area contributed by atoms with E-state index in [1.807, 2.05) is 13.8 Å². The molecular formula is C7H9N5. The Morgan fingerprint density at radius 2 is 2.08 bits per heavy atom. The second-order valence-corrected chi connectivity index (χ2v) is 2.68. The summed E-state index contributed by atoms with van der Waals surface area (Å²) in [4.78, 5) is 12.4. The zero-order valence-electron chi connectivity index (χ0n) is 6.94. The first kappa shape index (κ1) is 7.02. The number of fused-ring (bicyclic) bond motifs is 1. The minimum Gasteiger partial charge on any atom is -0.336 e. The highest BCUT2D eigenvalue weighted by Gasteiger charge is 2.05. The quantitative estimate of drug-likeness (QED) is 0.561. The monoisotopic (exact) mass is 163 g/mol. The van der Waals surface area contributed by atoms with Crippen LogP contribution in [0.15, 0.2) is 6.33 Å². The van der Waals surface area contributed by atoms with Gasteiger partial charge in [0.25, 0.3) is 0 Å². The summed E-state index contributed by atoms with van der Waals surface area (Å²) in [6.45, 7) is 3.73. The first-order chi connectivity index (χ1) is 5.68. The molecule has 5 nitrogen and oxygen atoms in total. The second-order valence-electron chi connectivity index (χ2n) is 2.68. The molecule has 0 spiro atoms. The predicted octanol–water partition coefficient (Wildman–Crippen LogP) is 0.157. The average molecular weight is 163 g/mol. The highest BCUT2D eigenvalue weighted by Crippen LogP contribution is 2.10. The van der Waals surface area contributed by atoms with E-state index >= 15 is 0 Å².